The van der Waals surface area contributed by atoms with Crippen molar-refractivity contribution in [3.8, 4) is 11.5 Å². The molecule has 1 aliphatic heterocycles. The van der Waals surface area contributed by atoms with Crippen LogP contribution in [0.1, 0.15) is 21.3 Å². The molecule has 0 spiro atoms. The Hall–Kier alpha value is -1.76. The SMILES string of the molecule is CO[C@@H](CNC(=O)c1ccc2c(c1)OCO2)c1ccc(Cl)s1. The molecule has 0 radical (unpaired) electrons. The van der Waals surface area contributed by atoms with Crippen molar-refractivity contribution in [1.29, 1.82) is 0 Å². The van der Waals surface area contributed by atoms with Crippen molar-refractivity contribution >= 4 is 28.8 Å². The Morgan fingerprint density at radius 3 is 2.91 bits per heavy atom. The first-order chi connectivity index (χ1) is 10.7. The summed E-state index contributed by atoms with van der Waals surface area (Å²) in [5, 5.41) is 2.85. The van der Waals surface area contributed by atoms with Gasteiger partial charge in [0, 0.05) is 24.1 Å². The fraction of sp³-hybridized carbons (Fsp3) is 0.267. The third-order valence-corrected chi connectivity index (χ3v) is 4.60. The highest BCUT2D eigenvalue weighted by atomic mass is 35.5. The van der Waals surface area contributed by atoms with Crippen LogP contribution in [0, 0.1) is 0 Å². The molecule has 5 nitrogen and oxygen atoms in total. The Labute approximate surface area is 136 Å². The fourth-order valence-electron chi connectivity index (χ4n) is 2.13. The molecule has 1 N–H and O–H groups in total. The second kappa shape index (κ2) is 6.56. The van der Waals surface area contributed by atoms with Crippen LogP contribution in [-0.4, -0.2) is 26.4 Å². The van der Waals surface area contributed by atoms with Crippen molar-refractivity contribution in [2.24, 2.45) is 0 Å². The molecular weight excluding hydrogens is 326 g/mol. The van der Waals surface area contributed by atoms with Gasteiger partial charge in [0.1, 0.15) is 6.10 Å². The van der Waals surface area contributed by atoms with Crippen molar-refractivity contribution in [3.63, 3.8) is 0 Å². The summed E-state index contributed by atoms with van der Waals surface area (Å²) >= 11 is 7.36. The summed E-state index contributed by atoms with van der Waals surface area (Å²) in [5.74, 6) is 1.04. The number of carbonyl (C=O) groups is 1. The molecule has 3 rings (SSSR count). The zero-order chi connectivity index (χ0) is 15.5. The number of halogens is 1. The molecule has 0 saturated carbocycles. The third kappa shape index (κ3) is 3.19. The van der Waals surface area contributed by atoms with Gasteiger partial charge in [-0.1, -0.05) is 11.6 Å². The highest BCUT2D eigenvalue weighted by molar-refractivity contribution is 7.16. The first kappa shape index (κ1) is 15.1. The zero-order valence-corrected chi connectivity index (χ0v) is 13.4. The van der Waals surface area contributed by atoms with Crippen LogP contribution in [0.2, 0.25) is 4.34 Å². The van der Waals surface area contributed by atoms with Gasteiger partial charge in [-0.25, -0.2) is 0 Å². The number of rotatable bonds is 5. The lowest BCUT2D eigenvalue weighted by Gasteiger charge is -2.14. The molecule has 2 heterocycles. The maximum absolute atomic E-state index is 12.2. The summed E-state index contributed by atoms with van der Waals surface area (Å²) in [6, 6.07) is 8.80. The van der Waals surface area contributed by atoms with Crippen LogP contribution in [0.15, 0.2) is 30.3 Å². The number of nitrogens with one attached hydrogen (secondary N) is 1. The van der Waals surface area contributed by atoms with Crippen molar-refractivity contribution in [2.75, 3.05) is 20.4 Å². The van der Waals surface area contributed by atoms with Crippen molar-refractivity contribution in [2.45, 2.75) is 6.10 Å². The van der Waals surface area contributed by atoms with E-state index in [2.05, 4.69) is 5.32 Å². The molecule has 1 aromatic carbocycles. The van der Waals surface area contributed by atoms with Gasteiger partial charge in [0.25, 0.3) is 5.91 Å². The molecule has 0 unspecified atom stereocenters. The number of hydrogen-bond acceptors (Lipinski definition) is 5. The lowest BCUT2D eigenvalue weighted by atomic mass is 10.2. The highest BCUT2D eigenvalue weighted by Gasteiger charge is 2.18. The molecule has 1 atom stereocenters. The van der Waals surface area contributed by atoms with E-state index in [1.807, 2.05) is 12.1 Å². The summed E-state index contributed by atoms with van der Waals surface area (Å²) in [6.07, 6.45) is -0.226. The zero-order valence-electron chi connectivity index (χ0n) is 11.8. The van der Waals surface area contributed by atoms with Gasteiger partial charge in [-0.2, -0.15) is 0 Å². The Morgan fingerprint density at radius 2 is 2.18 bits per heavy atom. The van der Waals surface area contributed by atoms with Crippen LogP contribution < -0.4 is 14.8 Å². The van der Waals surface area contributed by atoms with Crippen LogP contribution in [0.3, 0.4) is 0 Å². The van der Waals surface area contributed by atoms with Crippen LogP contribution in [0.25, 0.3) is 0 Å². The first-order valence-electron chi connectivity index (χ1n) is 6.63. The summed E-state index contributed by atoms with van der Waals surface area (Å²) in [7, 11) is 1.60. The molecule has 0 fully saturated rings. The maximum Gasteiger partial charge on any atom is 0.251 e. The lowest BCUT2D eigenvalue weighted by Crippen LogP contribution is -2.28. The number of thiophene rings is 1. The van der Waals surface area contributed by atoms with Gasteiger partial charge in [0.15, 0.2) is 11.5 Å². The maximum atomic E-state index is 12.2. The minimum atomic E-state index is -0.226. The largest absolute Gasteiger partial charge is 0.454 e. The van der Waals surface area contributed by atoms with Gasteiger partial charge in [0.2, 0.25) is 6.79 Å². The molecule has 7 heteroatoms. The summed E-state index contributed by atoms with van der Waals surface area (Å²) in [4.78, 5) is 13.2. The van der Waals surface area contributed by atoms with E-state index < -0.39 is 0 Å². The number of benzene rings is 1. The third-order valence-electron chi connectivity index (χ3n) is 3.28. The van der Waals surface area contributed by atoms with Crippen molar-refractivity contribution < 1.29 is 19.0 Å². The molecular formula is C15H14ClNO4S. The average molecular weight is 340 g/mol. The minimum Gasteiger partial charge on any atom is -0.454 e. The quantitative estimate of drug-likeness (QED) is 0.908. The number of hydrogen-bond donors (Lipinski definition) is 1. The fourth-order valence-corrected chi connectivity index (χ4v) is 3.27. The normalized spacial score (nSPS) is 13.9. The smallest absolute Gasteiger partial charge is 0.251 e. The van der Waals surface area contributed by atoms with Crippen LogP contribution in [-0.2, 0) is 4.74 Å². The van der Waals surface area contributed by atoms with Gasteiger partial charge >= 0.3 is 0 Å². The Kier molecular flexibility index (Phi) is 4.52. The molecule has 1 aromatic heterocycles. The number of ether oxygens (including phenoxy) is 3. The second-order valence-electron chi connectivity index (χ2n) is 4.64. The van der Waals surface area contributed by atoms with Crippen LogP contribution in [0.5, 0.6) is 11.5 Å². The minimum absolute atomic E-state index is 0.186. The molecule has 1 aliphatic rings. The first-order valence-corrected chi connectivity index (χ1v) is 7.82. The number of fused-ring (bicyclic) bond motifs is 1. The van der Waals surface area contributed by atoms with E-state index in [0.29, 0.717) is 27.9 Å². The van der Waals surface area contributed by atoms with E-state index in [1.165, 1.54) is 11.3 Å². The van der Waals surface area contributed by atoms with E-state index in [-0.39, 0.29) is 18.8 Å². The van der Waals surface area contributed by atoms with Crippen LogP contribution >= 0.6 is 22.9 Å². The van der Waals surface area contributed by atoms with E-state index in [9.17, 15) is 4.79 Å². The van der Waals surface area contributed by atoms with Gasteiger partial charge < -0.3 is 19.5 Å². The molecule has 116 valence electrons. The highest BCUT2D eigenvalue weighted by Crippen LogP contribution is 2.32. The van der Waals surface area contributed by atoms with Crippen molar-refractivity contribution in [1.82, 2.24) is 5.32 Å². The van der Waals surface area contributed by atoms with E-state index in [1.54, 1.807) is 25.3 Å². The number of carbonyl (C=O) groups excluding carboxylic acids is 1. The Balaban J connectivity index is 1.64. The molecule has 1 amide bonds. The summed E-state index contributed by atoms with van der Waals surface area (Å²) < 4.78 is 16.6. The van der Waals surface area contributed by atoms with E-state index in [0.717, 1.165) is 4.88 Å². The van der Waals surface area contributed by atoms with Gasteiger partial charge in [-0.05, 0) is 30.3 Å². The molecule has 22 heavy (non-hydrogen) atoms. The number of methoxy groups -OCH3 is 1. The monoisotopic (exact) mass is 339 g/mol. The molecule has 0 aliphatic carbocycles. The molecule has 0 saturated heterocycles. The predicted molar refractivity (Wildman–Crippen MR) is 84.0 cm³/mol. The van der Waals surface area contributed by atoms with Crippen LogP contribution in [0.4, 0.5) is 0 Å². The van der Waals surface area contributed by atoms with E-state index in [4.69, 9.17) is 25.8 Å². The second-order valence-corrected chi connectivity index (χ2v) is 6.39. The Morgan fingerprint density at radius 1 is 1.36 bits per heavy atom. The topological polar surface area (TPSA) is 56.8 Å². The predicted octanol–water partition coefficient (Wildman–Crippen LogP) is 3.25. The molecule has 0 bridgehead atoms. The summed E-state index contributed by atoms with van der Waals surface area (Å²) in [5.41, 5.74) is 0.517. The lowest BCUT2D eigenvalue weighted by molar-refractivity contribution is 0.0837. The van der Waals surface area contributed by atoms with Gasteiger partial charge in [-0.15, -0.1) is 11.3 Å². The Bertz CT molecular complexity index is 688. The van der Waals surface area contributed by atoms with E-state index >= 15 is 0 Å². The molecule has 2 aromatic rings. The summed E-state index contributed by atoms with van der Waals surface area (Å²) in [6.45, 7) is 0.548. The average Bonchev–Trinajstić information content (AvgIpc) is 3.15. The number of amides is 1. The standard InChI is InChI=1S/C15H14ClNO4S/c1-19-12(13-4-5-14(16)22-13)7-17-15(18)9-2-3-10-11(6-9)21-8-20-10/h2-6,12H,7-8H2,1H3,(H,17,18)/t12-/m0/s1. The van der Waals surface area contributed by atoms with Crippen molar-refractivity contribution in [3.05, 3.63) is 45.1 Å². The van der Waals surface area contributed by atoms with Gasteiger partial charge in [0.05, 0.1) is 4.34 Å². The van der Waals surface area contributed by atoms with Gasteiger partial charge in [-0.3, -0.25) is 4.79 Å².